The number of halogens is 1. The average molecular weight is 412 g/mol. The van der Waals surface area contributed by atoms with Gasteiger partial charge in [-0.05, 0) is 18.9 Å². The summed E-state index contributed by atoms with van der Waals surface area (Å²) in [5.41, 5.74) is 1.52. The molecule has 9 nitrogen and oxygen atoms in total. The molecule has 1 aliphatic heterocycles. The summed E-state index contributed by atoms with van der Waals surface area (Å²) in [5.74, 6) is -1.27. The van der Waals surface area contributed by atoms with E-state index >= 15 is 0 Å². The summed E-state index contributed by atoms with van der Waals surface area (Å²) in [6, 6.07) is 1.28. The molecule has 0 saturated carbocycles. The predicted octanol–water partition coefficient (Wildman–Crippen LogP) is 1.30. The molecule has 2 N–H and O–H groups in total. The zero-order chi connectivity index (χ0) is 21.7. The van der Waals surface area contributed by atoms with Crippen molar-refractivity contribution in [2.45, 2.75) is 19.8 Å². The van der Waals surface area contributed by atoms with Gasteiger partial charge in [-0.25, -0.2) is 9.37 Å². The molecule has 2 aromatic heterocycles. The number of nitrogens with zero attached hydrogens (tertiary/aromatic N) is 4. The van der Waals surface area contributed by atoms with Crippen LogP contribution in [-0.4, -0.2) is 57.6 Å². The molecular formula is C20H21FN6O3. The maximum atomic E-state index is 13.3. The van der Waals surface area contributed by atoms with Crippen LogP contribution in [0.4, 0.5) is 10.2 Å². The first-order valence-corrected chi connectivity index (χ1v) is 9.33. The van der Waals surface area contributed by atoms with Gasteiger partial charge in [-0.1, -0.05) is 0 Å². The number of carbonyl (C=O) groups is 3. The number of hydrogen-bond acceptors (Lipinski definition) is 7. The highest BCUT2D eigenvalue weighted by atomic mass is 19.1. The summed E-state index contributed by atoms with van der Waals surface area (Å²) in [6.45, 7) is 1.76. The fraction of sp³-hybridized carbons (Fsp3) is 0.300. The Hall–Kier alpha value is -3.69. The number of pyridine rings is 1. The minimum Gasteiger partial charge on any atom is -0.359 e. The number of rotatable bonds is 6. The maximum Gasteiger partial charge on any atom is 0.249 e. The molecule has 0 spiro atoms. The maximum absolute atomic E-state index is 13.3. The molecule has 0 saturated heterocycles. The molecule has 0 bridgehead atoms. The Morgan fingerprint density at radius 2 is 1.97 bits per heavy atom. The second-order valence-electron chi connectivity index (χ2n) is 6.71. The molecule has 3 rings (SSSR count). The van der Waals surface area contributed by atoms with Crippen LogP contribution in [0.2, 0.25) is 0 Å². The number of allylic oxidation sites excluding steroid dienone is 1. The van der Waals surface area contributed by atoms with Crippen molar-refractivity contribution in [2.75, 3.05) is 25.5 Å². The Kier molecular flexibility index (Phi) is 6.45. The molecule has 30 heavy (non-hydrogen) atoms. The third kappa shape index (κ3) is 4.83. The number of anilines is 1. The third-order valence-corrected chi connectivity index (χ3v) is 4.55. The SMILES string of the molecule is CNC(=O)C1=C(C(C)=O)N(CC(=O)Nc2cnc(-c3cncc(F)c3)cn2)CCC1. The molecule has 3 heterocycles. The van der Waals surface area contributed by atoms with Gasteiger partial charge < -0.3 is 15.5 Å². The van der Waals surface area contributed by atoms with Crippen molar-refractivity contribution >= 4 is 23.4 Å². The summed E-state index contributed by atoms with van der Waals surface area (Å²) in [7, 11) is 1.50. The minimum atomic E-state index is -0.487. The van der Waals surface area contributed by atoms with Gasteiger partial charge in [0.1, 0.15) is 5.82 Å². The molecule has 0 unspecified atom stereocenters. The van der Waals surface area contributed by atoms with E-state index in [1.807, 2.05) is 0 Å². The molecule has 0 aromatic carbocycles. The second kappa shape index (κ2) is 9.21. The van der Waals surface area contributed by atoms with E-state index in [2.05, 4.69) is 25.6 Å². The van der Waals surface area contributed by atoms with Crippen LogP contribution in [0.3, 0.4) is 0 Å². The molecule has 10 heteroatoms. The number of carbonyl (C=O) groups excluding carboxylic acids is 3. The lowest BCUT2D eigenvalue weighted by Crippen LogP contribution is -2.40. The van der Waals surface area contributed by atoms with Gasteiger partial charge in [0.2, 0.25) is 11.8 Å². The summed E-state index contributed by atoms with van der Waals surface area (Å²) in [4.78, 5) is 50.3. The lowest BCUT2D eigenvalue weighted by molar-refractivity contribution is -0.121. The van der Waals surface area contributed by atoms with Crippen molar-refractivity contribution in [1.29, 1.82) is 0 Å². The first-order valence-electron chi connectivity index (χ1n) is 9.33. The highest BCUT2D eigenvalue weighted by Gasteiger charge is 2.28. The van der Waals surface area contributed by atoms with Crippen molar-refractivity contribution in [3.05, 3.63) is 47.9 Å². The van der Waals surface area contributed by atoms with E-state index in [9.17, 15) is 18.8 Å². The van der Waals surface area contributed by atoms with Gasteiger partial charge >= 0.3 is 0 Å². The van der Waals surface area contributed by atoms with Crippen molar-refractivity contribution in [1.82, 2.24) is 25.2 Å². The number of likely N-dealkylation sites (N-methyl/N-ethyl adjacent to an activating group) is 1. The Morgan fingerprint density at radius 1 is 1.17 bits per heavy atom. The van der Waals surface area contributed by atoms with Crippen LogP contribution in [0.15, 0.2) is 42.1 Å². The Bertz CT molecular complexity index is 1010. The molecule has 1 aliphatic rings. The molecule has 2 amide bonds. The normalized spacial score (nSPS) is 13.8. The van der Waals surface area contributed by atoms with Crippen LogP contribution in [0, 0.1) is 5.82 Å². The van der Waals surface area contributed by atoms with Crippen LogP contribution < -0.4 is 10.6 Å². The fourth-order valence-corrected chi connectivity index (χ4v) is 3.28. The van der Waals surface area contributed by atoms with E-state index in [0.29, 0.717) is 36.2 Å². The first-order chi connectivity index (χ1) is 14.4. The number of Topliss-reactive ketones (excluding diaryl/α,β-unsaturated/α-hetero) is 1. The van der Waals surface area contributed by atoms with Crippen LogP contribution in [0.5, 0.6) is 0 Å². The van der Waals surface area contributed by atoms with Crippen molar-refractivity contribution in [3.63, 3.8) is 0 Å². The van der Waals surface area contributed by atoms with Gasteiger partial charge in [-0.15, -0.1) is 0 Å². The van der Waals surface area contributed by atoms with E-state index in [0.717, 1.165) is 6.20 Å². The fourth-order valence-electron chi connectivity index (χ4n) is 3.28. The van der Waals surface area contributed by atoms with E-state index in [-0.39, 0.29) is 29.8 Å². The van der Waals surface area contributed by atoms with Gasteiger partial charge in [-0.2, -0.15) is 0 Å². The molecule has 0 radical (unpaired) electrons. The molecule has 156 valence electrons. The average Bonchev–Trinajstić information content (AvgIpc) is 2.73. The second-order valence-corrected chi connectivity index (χ2v) is 6.71. The highest BCUT2D eigenvalue weighted by Crippen LogP contribution is 2.23. The number of nitrogens with one attached hydrogen (secondary N) is 2. The van der Waals surface area contributed by atoms with Crippen LogP contribution >= 0.6 is 0 Å². The number of hydrogen-bond donors (Lipinski definition) is 2. The quantitative estimate of drug-likeness (QED) is 0.734. The largest absolute Gasteiger partial charge is 0.359 e. The van der Waals surface area contributed by atoms with Crippen LogP contribution in [0.1, 0.15) is 19.8 Å². The summed E-state index contributed by atoms with van der Waals surface area (Å²) in [6.07, 6.45) is 6.44. The zero-order valence-corrected chi connectivity index (χ0v) is 16.6. The lowest BCUT2D eigenvalue weighted by atomic mass is 9.99. The molecule has 2 aromatic rings. The van der Waals surface area contributed by atoms with E-state index in [1.165, 1.54) is 38.6 Å². The topological polar surface area (TPSA) is 117 Å². The Balaban J connectivity index is 1.70. The van der Waals surface area contributed by atoms with E-state index in [1.54, 1.807) is 4.90 Å². The summed E-state index contributed by atoms with van der Waals surface area (Å²) in [5, 5.41) is 5.15. The van der Waals surface area contributed by atoms with Gasteiger partial charge in [0.05, 0.1) is 36.5 Å². The first kappa shape index (κ1) is 21.0. The van der Waals surface area contributed by atoms with Gasteiger partial charge in [0, 0.05) is 37.8 Å². The van der Waals surface area contributed by atoms with Crippen LogP contribution in [-0.2, 0) is 14.4 Å². The van der Waals surface area contributed by atoms with E-state index in [4.69, 9.17) is 0 Å². The Morgan fingerprint density at radius 3 is 2.60 bits per heavy atom. The molecular weight excluding hydrogens is 391 g/mol. The van der Waals surface area contributed by atoms with Gasteiger partial charge in [0.25, 0.3) is 0 Å². The number of aromatic nitrogens is 3. The summed E-state index contributed by atoms with van der Waals surface area (Å²) < 4.78 is 13.3. The zero-order valence-electron chi connectivity index (χ0n) is 16.6. The predicted molar refractivity (Wildman–Crippen MR) is 106 cm³/mol. The van der Waals surface area contributed by atoms with Crippen molar-refractivity contribution in [2.24, 2.45) is 0 Å². The standard InChI is InChI=1S/C20H21FN6O3/c1-12(28)19-15(20(30)22-2)4-3-5-27(19)11-18(29)26-17-10-24-16(9-25-17)13-6-14(21)8-23-7-13/h6-10H,3-5,11H2,1-2H3,(H,22,30)(H,25,26,29). The molecule has 0 fully saturated rings. The van der Waals surface area contributed by atoms with E-state index < -0.39 is 11.7 Å². The monoisotopic (exact) mass is 412 g/mol. The molecule has 0 atom stereocenters. The number of amides is 2. The smallest absolute Gasteiger partial charge is 0.249 e. The minimum absolute atomic E-state index is 0.105. The summed E-state index contributed by atoms with van der Waals surface area (Å²) >= 11 is 0. The third-order valence-electron chi connectivity index (χ3n) is 4.55. The van der Waals surface area contributed by atoms with Gasteiger partial charge in [-0.3, -0.25) is 24.4 Å². The van der Waals surface area contributed by atoms with Crippen molar-refractivity contribution < 1.29 is 18.8 Å². The Labute approximate surface area is 172 Å². The van der Waals surface area contributed by atoms with Crippen molar-refractivity contribution in [3.8, 4) is 11.3 Å². The number of ketones is 1. The van der Waals surface area contributed by atoms with Gasteiger partial charge in [0.15, 0.2) is 11.6 Å². The molecule has 0 aliphatic carbocycles. The highest BCUT2D eigenvalue weighted by molar-refractivity contribution is 6.05. The van der Waals surface area contributed by atoms with Crippen LogP contribution in [0.25, 0.3) is 11.3 Å². The lowest BCUT2D eigenvalue weighted by Gasteiger charge is -2.31.